The van der Waals surface area contributed by atoms with Gasteiger partial charge in [0.1, 0.15) is 0 Å². The molecule has 3 heteroatoms. The first-order chi connectivity index (χ1) is 14.1. The molecule has 0 atom stereocenters. The first kappa shape index (κ1) is 49.2. The smallest absolute Gasteiger partial charge is 0.0667 e. The molecule has 0 saturated carbocycles. The van der Waals surface area contributed by atoms with Crippen molar-refractivity contribution in [1.29, 1.82) is 0 Å². The molecule has 0 amide bonds. The van der Waals surface area contributed by atoms with E-state index in [9.17, 15) is 4.79 Å². The van der Waals surface area contributed by atoms with Crippen molar-refractivity contribution >= 4 is 19.8 Å². The predicted molar refractivity (Wildman–Crippen MR) is 155 cm³/mol. The van der Waals surface area contributed by atoms with Gasteiger partial charge in [-0.25, -0.2) is 11.6 Å². The maximum atomic E-state index is 11.4. The van der Waals surface area contributed by atoms with E-state index in [1.165, 1.54) is 17.5 Å². The zero-order valence-corrected chi connectivity index (χ0v) is 24.7. The standard InChI is InChI=1S/C19H19O.C3H8.3C2H6.2CH4.B.Y.H2/c1-3-19(20)13-15(2)18-11-9-17(10-12-18)14-16-7-5-4-6-8-16;1-3-2;3*1-2;;;;;/h4-12H,3,14H2,1-2H3;3H2,1-2H3;3*1-2H3;2*1H4;;;1H/q-1;;;;;;;;;/i;;;;;;;;;1+1. The van der Waals surface area contributed by atoms with Gasteiger partial charge in [0.05, 0.1) is 5.78 Å². The third kappa shape index (κ3) is 27.1. The van der Waals surface area contributed by atoms with Crippen LogP contribution < -0.4 is 0 Å². The second kappa shape index (κ2) is 38.3. The normalized spacial score (nSPS) is 8.00. The van der Waals surface area contributed by atoms with E-state index >= 15 is 0 Å². The summed E-state index contributed by atoms with van der Waals surface area (Å²) in [5.74, 6) is 0.0517. The quantitative estimate of drug-likeness (QED) is 0.213. The van der Waals surface area contributed by atoms with E-state index in [0.29, 0.717) is 6.42 Å². The van der Waals surface area contributed by atoms with Crippen molar-refractivity contribution in [1.82, 2.24) is 0 Å². The molecule has 0 saturated heterocycles. The molecule has 2 rings (SSSR count). The summed E-state index contributed by atoms with van der Waals surface area (Å²) in [7, 11) is 0. The van der Waals surface area contributed by atoms with Crippen molar-refractivity contribution in [3.05, 3.63) is 77.4 Å². The predicted octanol–water partition coefficient (Wildman–Crippen LogP) is 10.1. The molecule has 2 aromatic rings. The number of carbonyl (C=O) groups excluding carboxylic acids is 1. The molecule has 1 nitrogen and oxygen atoms in total. The number of hydrogen-bond donors (Lipinski definition) is 0. The van der Waals surface area contributed by atoms with E-state index in [-0.39, 0.29) is 63.2 Å². The zero-order valence-electron chi connectivity index (χ0n) is 21.9. The van der Waals surface area contributed by atoms with Gasteiger partial charge >= 0.3 is 0 Å². The van der Waals surface area contributed by atoms with Gasteiger partial charge in [-0.2, -0.15) is 5.56 Å². The monoisotopic (exact) mass is 532 g/mol. The Balaban J connectivity index is -0.0000000719. The summed E-state index contributed by atoms with van der Waals surface area (Å²) >= 11 is 0. The molecule has 0 aliphatic heterocycles. The van der Waals surface area contributed by atoms with Gasteiger partial charge in [0, 0.05) is 42.5 Å². The van der Waals surface area contributed by atoms with Gasteiger partial charge in [-0.1, -0.05) is 133 Å². The van der Waals surface area contributed by atoms with Crippen LogP contribution in [0.25, 0.3) is 5.57 Å². The van der Waals surface area contributed by atoms with Crippen LogP contribution in [0.5, 0.6) is 0 Å². The van der Waals surface area contributed by atoms with Gasteiger partial charge in [-0.3, -0.25) is 0 Å². The molecule has 4 radical (unpaired) electrons. The second-order valence-corrected chi connectivity index (χ2v) is 5.59. The van der Waals surface area contributed by atoms with Crippen LogP contribution in [0.2, 0.25) is 0 Å². The van der Waals surface area contributed by atoms with E-state index in [1.54, 1.807) is 0 Å². The third-order valence-electron chi connectivity index (χ3n) is 3.29. The number of Topliss-reactive ketones (excluding diaryl/α,β-unsaturated/α-hetero) is 1. The summed E-state index contributed by atoms with van der Waals surface area (Å²) < 4.78 is 0. The van der Waals surface area contributed by atoms with Gasteiger partial charge in [0.25, 0.3) is 0 Å². The van der Waals surface area contributed by atoms with Crippen LogP contribution in [0.15, 0.2) is 54.6 Å². The summed E-state index contributed by atoms with van der Waals surface area (Å²) in [4.78, 5) is 11.4. The Bertz CT molecular complexity index is 626. The summed E-state index contributed by atoms with van der Waals surface area (Å²) in [5, 5.41) is 0. The molecule has 33 heavy (non-hydrogen) atoms. The van der Waals surface area contributed by atoms with E-state index in [0.717, 1.165) is 17.6 Å². The number of hydrogen-bond acceptors (Lipinski definition) is 1. The largest absolute Gasteiger partial charge is 0.317 e. The summed E-state index contributed by atoms with van der Waals surface area (Å²) in [5.41, 5.74) is 4.54. The molecule has 0 N–H and O–H groups in total. The Labute approximate surface area is 238 Å². The molecule has 0 heterocycles. The van der Waals surface area contributed by atoms with Crippen LogP contribution in [-0.2, 0) is 43.9 Å². The first-order valence-corrected chi connectivity index (χ1v) is 11.4. The Morgan fingerprint density at radius 3 is 1.48 bits per heavy atom. The minimum absolute atomic E-state index is 0. The topological polar surface area (TPSA) is 17.1 Å². The molecule has 0 bridgehead atoms. The average molecular weight is 532 g/mol. The average Bonchev–Trinajstić information content (AvgIpc) is 2.79. The maximum Gasteiger partial charge on any atom is 0.0667 e. The Morgan fingerprint density at radius 1 is 0.758 bits per heavy atom. The van der Waals surface area contributed by atoms with Gasteiger partial charge in [-0.05, 0) is 24.0 Å². The molecule has 0 unspecified atom stereocenters. The zero-order chi connectivity index (χ0) is 23.1. The minimum atomic E-state index is 0. The van der Waals surface area contributed by atoms with Gasteiger partial charge in [-0.15, -0.1) is 12.1 Å². The molecular formula is C30H55BOY-. The Hall–Kier alpha value is -0.981. The second-order valence-electron chi connectivity index (χ2n) is 5.59. The van der Waals surface area contributed by atoms with Crippen LogP contribution >= 0.6 is 0 Å². The van der Waals surface area contributed by atoms with Crippen LogP contribution in [0.3, 0.4) is 0 Å². The van der Waals surface area contributed by atoms with E-state index in [1.807, 2.05) is 61.5 Å². The Morgan fingerprint density at radius 2 is 1.12 bits per heavy atom. The van der Waals surface area contributed by atoms with Crippen molar-refractivity contribution in [2.45, 2.75) is 103 Å². The van der Waals surface area contributed by atoms with Crippen LogP contribution in [-0.4, -0.2) is 14.2 Å². The van der Waals surface area contributed by atoms with Gasteiger partial charge < -0.3 is 4.79 Å². The number of ketones is 1. The SMILES string of the molecule is C.C.CC.CC.CC.CCC.CCC(=O)[C-]=C(C)c1ccc(Cc2ccccc2)cc1.[2HH].[B].[Y]. The van der Waals surface area contributed by atoms with E-state index in [4.69, 9.17) is 0 Å². The molecule has 0 aromatic heterocycles. The number of carbonyl (C=O) groups is 1. The minimum Gasteiger partial charge on any atom is -0.317 e. The fourth-order valence-electron chi connectivity index (χ4n) is 2.07. The van der Waals surface area contributed by atoms with Crippen LogP contribution in [0.1, 0.15) is 115 Å². The van der Waals surface area contributed by atoms with Crippen molar-refractivity contribution < 1.29 is 38.9 Å². The van der Waals surface area contributed by atoms with Gasteiger partial charge in [0.15, 0.2) is 0 Å². The molecular weight excluding hydrogens is 476 g/mol. The molecule has 188 valence electrons. The van der Waals surface area contributed by atoms with Crippen LogP contribution in [0.4, 0.5) is 0 Å². The molecule has 2 aromatic carbocycles. The summed E-state index contributed by atoms with van der Waals surface area (Å²) in [6.07, 6.45) is 5.58. The van der Waals surface area contributed by atoms with Crippen molar-refractivity contribution in [3.63, 3.8) is 0 Å². The first-order valence-electron chi connectivity index (χ1n) is 11.4. The fourth-order valence-corrected chi connectivity index (χ4v) is 2.07. The fraction of sp³-hybridized carbons (Fsp3) is 0.500. The van der Waals surface area contributed by atoms with Gasteiger partial charge in [0.2, 0.25) is 0 Å². The summed E-state index contributed by atoms with van der Waals surface area (Å²) in [6, 6.07) is 18.8. The van der Waals surface area contributed by atoms with E-state index in [2.05, 4.69) is 68.5 Å². The number of benzene rings is 2. The van der Waals surface area contributed by atoms with E-state index < -0.39 is 0 Å². The third-order valence-corrected chi connectivity index (χ3v) is 3.29. The molecule has 0 spiro atoms. The molecule has 0 aliphatic rings. The number of rotatable bonds is 5. The maximum absolute atomic E-state index is 11.4. The van der Waals surface area contributed by atoms with Crippen LogP contribution in [0, 0.1) is 6.08 Å². The van der Waals surface area contributed by atoms with Crippen molar-refractivity contribution in [3.8, 4) is 0 Å². The number of allylic oxidation sites excluding steroid dienone is 2. The Kier molecular flexibility index (Phi) is 57.1. The summed E-state index contributed by atoms with van der Waals surface area (Å²) in [6.45, 7) is 20.0. The molecule has 0 fully saturated rings. The van der Waals surface area contributed by atoms with Crippen molar-refractivity contribution in [2.75, 3.05) is 0 Å². The molecule has 0 aliphatic carbocycles. The van der Waals surface area contributed by atoms with Crippen molar-refractivity contribution in [2.24, 2.45) is 0 Å².